The van der Waals surface area contributed by atoms with E-state index in [-0.39, 0.29) is 30.2 Å². The Morgan fingerprint density at radius 3 is 2.74 bits per heavy atom. The van der Waals surface area contributed by atoms with Gasteiger partial charge in [-0.3, -0.25) is 9.59 Å². The number of anilines is 1. The standard InChI is InChI=1S/C26H32N6O3/c1-4-22(34)31-14-20(21(33)15-31)27-25(35)23-28-24-17(2)12-19(13-32(24)29-23)30-11-10-26(3,16-30)18-8-6-5-7-9-18/h5-9,12-13,20-21,33H,4,10-11,14-16H2,1-3H3,(H,27,35)/t20?,21?,26-/m0/s1. The van der Waals surface area contributed by atoms with Crippen molar-refractivity contribution < 1.29 is 14.7 Å². The number of carbonyl (C=O) groups excluding carboxylic acids is 2. The Morgan fingerprint density at radius 1 is 1.23 bits per heavy atom. The molecule has 0 spiro atoms. The average Bonchev–Trinajstić information content (AvgIpc) is 3.57. The van der Waals surface area contributed by atoms with Crippen molar-refractivity contribution in [3.8, 4) is 0 Å². The third kappa shape index (κ3) is 4.36. The lowest BCUT2D eigenvalue weighted by atomic mass is 9.82. The molecule has 9 heteroatoms. The van der Waals surface area contributed by atoms with Crippen LogP contribution in [0.15, 0.2) is 42.6 Å². The Kier molecular flexibility index (Phi) is 5.96. The minimum absolute atomic E-state index is 0.0416. The molecule has 2 saturated heterocycles. The lowest BCUT2D eigenvalue weighted by molar-refractivity contribution is -0.130. The van der Waals surface area contributed by atoms with Crippen LogP contribution in [0.4, 0.5) is 5.69 Å². The highest BCUT2D eigenvalue weighted by molar-refractivity contribution is 5.91. The molecule has 35 heavy (non-hydrogen) atoms. The molecule has 2 aliphatic heterocycles. The van der Waals surface area contributed by atoms with E-state index in [4.69, 9.17) is 0 Å². The molecular formula is C26H32N6O3. The Hall–Kier alpha value is -3.46. The van der Waals surface area contributed by atoms with Crippen LogP contribution in [0.2, 0.25) is 0 Å². The molecule has 184 valence electrons. The van der Waals surface area contributed by atoms with Crippen LogP contribution in [0.25, 0.3) is 5.65 Å². The third-order valence-corrected chi connectivity index (χ3v) is 7.38. The summed E-state index contributed by atoms with van der Waals surface area (Å²) in [6.07, 6.45) is 2.54. The molecule has 0 bridgehead atoms. The molecule has 2 fully saturated rings. The van der Waals surface area contributed by atoms with Gasteiger partial charge in [-0.25, -0.2) is 9.50 Å². The summed E-state index contributed by atoms with van der Waals surface area (Å²) < 4.78 is 1.66. The summed E-state index contributed by atoms with van der Waals surface area (Å²) >= 11 is 0. The number of amides is 2. The lowest BCUT2D eigenvalue weighted by Crippen LogP contribution is -2.43. The zero-order valence-corrected chi connectivity index (χ0v) is 20.4. The second-order valence-electron chi connectivity index (χ2n) is 9.98. The molecule has 2 amide bonds. The van der Waals surface area contributed by atoms with Crippen molar-refractivity contribution in [2.45, 2.75) is 51.2 Å². The van der Waals surface area contributed by atoms with Crippen molar-refractivity contribution >= 4 is 23.1 Å². The summed E-state index contributed by atoms with van der Waals surface area (Å²) in [6.45, 7) is 8.39. The summed E-state index contributed by atoms with van der Waals surface area (Å²) in [5.74, 6) is -0.448. The van der Waals surface area contributed by atoms with Gasteiger partial charge in [0.2, 0.25) is 11.7 Å². The smallest absolute Gasteiger partial charge is 0.291 e. The molecule has 0 saturated carbocycles. The van der Waals surface area contributed by atoms with E-state index in [0.29, 0.717) is 12.1 Å². The highest BCUT2D eigenvalue weighted by Gasteiger charge is 2.36. The van der Waals surface area contributed by atoms with Crippen LogP contribution in [0.5, 0.6) is 0 Å². The second kappa shape index (κ2) is 8.96. The van der Waals surface area contributed by atoms with Gasteiger partial charge in [-0.1, -0.05) is 44.2 Å². The van der Waals surface area contributed by atoms with Gasteiger partial charge in [0.15, 0.2) is 5.65 Å². The number of aromatic nitrogens is 3. The monoisotopic (exact) mass is 476 g/mol. The number of carbonyl (C=O) groups is 2. The van der Waals surface area contributed by atoms with E-state index in [1.54, 1.807) is 16.3 Å². The highest BCUT2D eigenvalue weighted by Crippen LogP contribution is 2.36. The summed E-state index contributed by atoms with van der Waals surface area (Å²) in [6, 6.07) is 12.2. The van der Waals surface area contributed by atoms with Crippen molar-refractivity contribution in [2.24, 2.45) is 0 Å². The van der Waals surface area contributed by atoms with E-state index in [1.165, 1.54) is 5.56 Å². The minimum Gasteiger partial charge on any atom is -0.389 e. The normalized spacial score (nSPS) is 24.3. The summed E-state index contributed by atoms with van der Waals surface area (Å²) in [5.41, 5.74) is 4.02. The first-order valence-electron chi connectivity index (χ1n) is 12.2. The largest absolute Gasteiger partial charge is 0.389 e. The van der Waals surface area contributed by atoms with Crippen molar-refractivity contribution in [3.63, 3.8) is 0 Å². The number of rotatable bonds is 5. The van der Waals surface area contributed by atoms with Gasteiger partial charge in [-0.05, 0) is 30.5 Å². The maximum atomic E-state index is 12.9. The van der Waals surface area contributed by atoms with Crippen molar-refractivity contribution in [1.82, 2.24) is 24.8 Å². The van der Waals surface area contributed by atoms with Gasteiger partial charge in [0.25, 0.3) is 5.91 Å². The number of aliphatic hydroxyl groups is 1. The fraction of sp³-hybridized carbons (Fsp3) is 0.462. The van der Waals surface area contributed by atoms with Crippen molar-refractivity contribution in [1.29, 1.82) is 0 Å². The van der Waals surface area contributed by atoms with Crippen LogP contribution < -0.4 is 10.2 Å². The van der Waals surface area contributed by atoms with Gasteiger partial charge in [0.05, 0.1) is 24.0 Å². The van der Waals surface area contributed by atoms with Crippen molar-refractivity contribution in [2.75, 3.05) is 31.1 Å². The molecule has 0 aliphatic carbocycles. The first kappa shape index (κ1) is 23.3. The van der Waals surface area contributed by atoms with Gasteiger partial charge < -0.3 is 20.2 Å². The molecule has 2 aromatic heterocycles. The number of nitrogens with one attached hydrogen (secondary N) is 1. The van der Waals surface area contributed by atoms with Crippen LogP contribution in [0.3, 0.4) is 0 Å². The van der Waals surface area contributed by atoms with Gasteiger partial charge in [-0.2, -0.15) is 0 Å². The fourth-order valence-corrected chi connectivity index (χ4v) is 5.25. The van der Waals surface area contributed by atoms with Gasteiger partial charge in [0.1, 0.15) is 0 Å². The Morgan fingerprint density at radius 2 is 2.00 bits per heavy atom. The van der Waals surface area contributed by atoms with Crippen LogP contribution in [-0.2, 0) is 10.2 Å². The third-order valence-electron chi connectivity index (χ3n) is 7.38. The minimum atomic E-state index is -0.811. The predicted octanol–water partition coefficient (Wildman–Crippen LogP) is 1.92. The Labute approximate surface area is 204 Å². The number of hydrogen-bond donors (Lipinski definition) is 2. The van der Waals surface area contributed by atoms with E-state index >= 15 is 0 Å². The number of benzene rings is 1. The average molecular weight is 477 g/mol. The molecule has 2 aliphatic rings. The highest BCUT2D eigenvalue weighted by atomic mass is 16.3. The SMILES string of the molecule is CCC(=O)N1CC(O)C(NC(=O)c2nc3c(C)cc(N4CC[C@](C)(c5ccccc5)C4)cn3n2)C1. The van der Waals surface area contributed by atoms with Crippen LogP contribution in [0.1, 0.15) is 48.4 Å². The molecule has 5 rings (SSSR count). The van der Waals surface area contributed by atoms with Gasteiger partial charge >= 0.3 is 0 Å². The maximum Gasteiger partial charge on any atom is 0.291 e. The zero-order valence-electron chi connectivity index (χ0n) is 20.4. The number of fused-ring (bicyclic) bond motifs is 1. The first-order chi connectivity index (χ1) is 16.8. The van der Waals surface area contributed by atoms with Crippen molar-refractivity contribution in [3.05, 3.63) is 59.5 Å². The lowest BCUT2D eigenvalue weighted by Gasteiger charge is -2.26. The van der Waals surface area contributed by atoms with E-state index < -0.39 is 18.1 Å². The van der Waals surface area contributed by atoms with Gasteiger partial charge in [-0.15, -0.1) is 5.10 Å². The van der Waals surface area contributed by atoms with E-state index in [2.05, 4.69) is 57.6 Å². The van der Waals surface area contributed by atoms with E-state index in [9.17, 15) is 14.7 Å². The molecule has 9 nitrogen and oxygen atoms in total. The van der Waals surface area contributed by atoms with E-state index in [0.717, 1.165) is 30.8 Å². The number of nitrogens with zero attached hydrogens (tertiary/aromatic N) is 5. The number of aryl methyl sites for hydroxylation is 1. The molecule has 1 aromatic carbocycles. The topological polar surface area (TPSA) is 103 Å². The van der Waals surface area contributed by atoms with E-state index in [1.807, 2.05) is 19.2 Å². The molecular weight excluding hydrogens is 444 g/mol. The summed E-state index contributed by atoms with van der Waals surface area (Å²) in [7, 11) is 0. The van der Waals surface area contributed by atoms with Gasteiger partial charge in [0, 0.05) is 38.0 Å². The number of likely N-dealkylation sites (tertiary alicyclic amines) is 1. The Balaban J connectivity index is 1.33. The molecule has 3 aromatic rings. The molecule has 2 unspecified atom stereocenters. The molecule has 2 N–H and O–H groups in total. The zero-order chi connectivity index (χ0) is 24.7. The second-order valence-corrected chi connectivity index (χ2v) is 9.98. The number of β-amino-alcohol motifs (C(OH)–C–C–N with tert-alkyl or cyclic N) is 1. The quantitative estimate of drug-likeness (QED) is 0.583. The molecule has 3 atom stereocenters. The molecule has 0 radical (unpaired) electrons. The fourth-order valence-electron chi connectivity index (χ4n) is 5.25. The Bertz CT molecular complexity index is 1260. The number of hydrogen-bond acceptors (Lipinski definition) is 6. The number of aliphatic hydroxyl groups excluding tert-OH is 1. The predicted molar refractivity (Wildman–Crippen MR) is 132 cm³/mol. The summed E-state index contributed by atoms with van der Waals surface area (Å²) in [5, 5.41) is 17.5. The maximum absolute atomic E-state index is 12.9. The van der Waals surface area contributed by atoms with Crippen LogP contribution in [-0.4, -0.2) is 74.7 Å². The molecule has 4 heterocycles. The summed E-state index contributed by atoms with van der Waals surface area (Å²) in [4.78, 5) is 33.2. The number of pyridine rings is 1. The van der Waals surface area contributed by atoms with Crippen LogP contribution >= 0.6 is 0 Å². The first-order valence-corrected chi connectivity index (χ1v) is 12.2. The van der Waals surface area contributed by atoms with Crippen LogP contribution in [0, 0.1) is 6.92 Å².